The van der Waals surface area contributed by atoms with Crippen molar-refractivity contribution in [3.05, 3.63) is 29.8 Å². The molecule has 0 radical (unpaired) electrons. The maximum atomic E-state index is 11.6. The Hall–Kier alpha value is -2.04. The third-order valence-corrected chi connectivity index (χ3v) is 2.01. The Bertz CT molecular complexity index is 404. The van der Waals surface area contributed by atoms with Gasteiger partial charge >= 0.3 is 5.97 Å². The number of nitrogens with two attached hydrogens (primary N) is 1. The Kier molecular flexibility index (Phi) is 3.88. The zero-order valence-corrected chi connectivity index (χ0v) is 8.93. The van der Waals surface area contributed by atoms with Crippen molar-refractivity contribution in [1.29, 1.82) is 0 Å². The van der Waals surface area contributed by atoms with Crippen molar-refractivity contribution < 1.29 is 14.7 Å². The summed E-state index contributed by atoms with van der Waals surface area (Å²) in [6, 6.07) is 6.11. The number of hydrogen-bond acceptors (Lipinski definition) is 3. The van der Waals surface area contributed by atoms with Crippen LogP contribution in [0.25, 0.3) is 0 Å². The van der Waals surface area contributed by atoms with Crippen LogP contribution in [-0.2, 0) is 4.79 Å². The molecular formula is C11H14N2O3. The van der Waals surface area contributed by atoms with Gasteiger partial charge in [-0.05, 0) is 25.1 Å². The highest BCUT2D eigenvalue weighted by molar-refractivity contribution is 5.95. The van der Waals surface area contributed by atoms with Gasteiger partial charge in [-0.3, -0.25) is 9.59 Å². The molecule has 0 aliphatic heterocycles. The molecule has 1 unspecified atom stereocenters. The lowest BCUT2D eigenvalue weighted by Gasteiger charge is -2.11. The fourth-order valence-corrected chi connectivity index (χ4v) is 1.30. The first-order valence-electron chi connectivity index (χ1n) is 4.87. The van der Waals surface area contributed by atoms with Crippen LogP contribution in [0.1, 0.15) is 23.7 Å². The molecule has 16 heavy (non-hydrogen) atoms. The molecule has 1 atom stereocenters. The van der Waals surface area contributed by atoms with Gasteiger partial charge in [0.05, 0.1) is 6.42 Å². The average Bonchev–Trinajstić information content (AvgIpc) is 2.16. The van der Waals surface area contributed by atoms with Crippen molar-refractivity contribution in [2.45, 2.75) is 19.4 Å². The Balaban J connectivity index is 2.62. The number of hydrogen-bond donors (Lipinski definition) is 3. The van der Waals surface area contributed by atoms with Gasteiger partial charge in [-0.1, -0.05) is 6.07 Å². The Labute approximate surface area is 93.3 Å². The molecule has 5 heteroatoms. The van der Waals surface area contributed by atoms with E-state index in [1.165, 1.54) is 0 Å². The zero-order valence-electron chi connectivity index (χ0n) is 8.93. The Morgan fingerprint density at radius 3 is 2.75 bits per heavy atom. The summed E-state index contributed by atoms with van der Waals surface area (Å²) in [4.78, 5) is 22.0. The van der Waals surface area contributed by atoms with E-state index in [0.29, 0.717) is 11.3 Å². The molecule has 1 aromatic carbocycles. The molecule has 4 N–H and O–H groups in total. The molecule has 0 aliphatic carbocycles. The van der Waals surface area contributed by atoms with Gasteiger partial charge in [-0.15, -0.1) is 0 Å². The van der Waals surface area contributed by atoms with Gasteiger partial charge in [0.15, 0.2) is 0 Å². The Morgan fingerprint density at radius 1 is 1.50 bits per heavy atom. The van der Waals surface area contributed by atoms with Crippen molar-refractivity contribution in [2.24, 2.45) is 0 Å². The minimum Gasteiger partial charge on any atom is -0.481 e. The fourth-order valence-electron chi connectivity index (χ4n) is 1.30. The zero-order chi connectivity index (χ0) is 12.1. The van der Waals surface area contributed by atoms with E-state index in [1.807, 2.05) is 0 Å². The maximum absolute atomic E-state index is 11.6. The van der Waals surface area contributed by atoms with Crippen LogP contribution < -0.4 is 11.1 Å². The smallest absolute Gasteiger partial charge is 0.305 e. The van der Waals surface area contributed by atoms with E-state index in [9.17, 15) is 9.59 Å². The van der Waals surface area contributed by atoms with E-state index < -0.39 is 12.0 Å². The van der Waals surface area contributed by atoms with E-state index in [4.69, 9.17) is 10.8 Å². The van der Waals surface area contributed by atoms with Crippen molar-refractivity contribution in [3.8, 4) is 0 Å². The third kappa shape index (κ3) is 3.61. The van der Waals surface area contributed by atoms with Crippen LogP contribution in [0.15, 0.2) is 24.3 Å². The van der Waals surface area contributed by atoms with Gasteiger partial charge < -0.3 is 16.2 Å². The predicted molar refractivity (Wildman–Crippen MR) is 60.0 cm³/mol. The molecule has 0 spiro atoms. The molecule has 0 saturated carbocycles. The minimum atomic E-state index is -0.944. The summed E-state index contributed by atoms with van der Waals surface area (Å²) in [6.45, 7) is 1.64. The average molecular weight is 222 g/mol. The second kappa shape index (κ2) is 5.16. The molecule has 86 valence electrons. The molecule has 0 aromatic heterocycles. The van der Waals surface area contributed by atoms with Crippen molar-refractivity contribution in [3.63, 3.8) is 0 Å². The number of benzene rings is 1. The normalized spacial score (nSPS) is 11.8. The summed E-state index contributed by atoms with van der Waals surface area (Å²) < 4.78 is 0. The van der Waals surface area contributed by atoms with Crippen LogP contribution in [0, 0.1) is 0 Å². The predicted octanol–water partition coefficient (Wildman–Crippen LogP) is 0.862. The molecule has 0 heterocycles. The van der Waals surface area contributed by atoms with Crippen LogP contribution in [0.4, 0.5) is 5.69 Å². The molecule has 5 nitrogen and oxygen atoms in total. The third-order valence-electron chi connectivity index (χ3n) is 2.01. The lowest BCUT2D eigenvalue weighted by molar-refractivity contribution is -0.137. The molecule has 1 amide bonds. The number of nitrogen functional groups attached to an aromatic ring is 1. The summed E-state index contributed by atoms with van der Waals surface area (Å²) in [5.41, 5.74) is 6.46. The van der Waals surface area contributed by atoms with Gasteiger partial charge in [-0.25, -0.2) is 0 Å². The second-order valence-electron chi connectivity index (χ2n) is 3.60. The molecule has 1 rings (SSSR count). The Morgan fingerprint density at radius 2 is 2.19 bits per heavy atom. The molecule has 0 fully saturated rings. The summed E-state index contributed by atoms with van der Waals surface area (Å²) in [6.07, 6.45) is -0.103. The quantitative estimate of drug-likeness (QED) is 0.659. The van der Waals surface area contributed by atoms with Gasteiger partial charge in [0, 0.05) is 17.3 Å². The number of carboxylic acids is 1. The van der Waals surface area contributed by atoms with E-state index in [1.54, 1.807) is 31.2 Å². The molecule has 1 aromatic rings. The van der Waals surface area contributed by atoms with E-state index >= 15 is 0 Å². The highest BCUT2D eigenvalue weighted by Crippen LogP contribution is 2.06. The second-order valence-corrected chi connectivity index (χ2v) is 3.60. The van der Waals surface area contributed by atoms with E-state index in [0.717, 1.165) is 0 Å². The summed E-state index contributed by atoms with van der Waals surface area (Å²) >= 11 is 0. The fraction of sp³-hybridized carbons (Fsp3) is 0.273. The van der Waals surface area contributed by atoms with Gasteiger partial charge in [0.1, 0.15) is 0 Å². The largest absolute Gasteiger partial charge is 0.481 e. The number of anilines is 1. The maximum Gasteiger partial charge on any atom is 0.305 e. The number of nitrogens with one attached hydrogen (secondary N) is 1. The first-order valence-corrected chi connectivity index (χ1v) is 4.87. The van der Waals surface area contributed by atoms with E-state index in [2.05, 4.69) is 5.32 Å². The number of amides is 1. The molecule has 0 aliphatic rings. The van der Waals surface area contributed by atoms with Gasteiger partial charge in [0.2, 0.25) is 0 Å². The monoisotopic (exact) mass is 222 g/mol. The van der Waals surface area contributed by atoms with Gasteiger partial charge in [0.25, 0.3) is 5.91 Å². The number of rotatable bonds is 4. The lowest BCUT2D eigenvalue weighted by Crippen LogP contribution is -2.34. The van der Waals surface area contributed by atoms with Crippen LogP contribution >= 0.6 is 0 Å². The van der Waals surface area contributed by atoms with Crippen molar-refractivity contribution in [2.75, 3.05) is 5.73 Å². The molecule has 0 bridgehead atoms. The number of carbonyl (C=O) groups is 2. The summed E-state index contributed by atoms with van der Waals surface area (Å²) in [5, 5.41) is 11.1. The molecule has 0 saturated heterocycles. The number of carbonyl (C=O) groups excluding carboxylic acids is 1. The molecular weight excluding hydrogens is 208 g/mol. The first-order chi connectivity index (χ1) is 7.49. The van der Waals surface area contributed by atoms with Crippen LogP contribution in [0.5, 0.6) is 0 Å². The number of carboxylic acid groups (broad SMARTS) is 1. The van der Waals surface area contributed by atoms with Gasteiger partial charge in [-0.2, -0.15) is 0 Å². The topological polar surface area (TPSA) is 92.4 Å². The minimum absolute atomic E-state index is 0.103. The highest BCUT2D eigenvalue weighted by Gasteiger charge is 2.12. The van der Waals surface area contributed by atoms with Crippen LogP contribution in [0.3, 0.4) is 0 Å². The van der Waals surface area contributed by atoms with Crippen LogP contribution in [-0.4, -0.2) is 23.0 Å². The summed E-state index contributed by atoms with van der Waals surface area (Å²) in [7, 11) is 0. The summed E-state index contributed by atoms with van der Waals surface area (Å²) in [5.74, 6) is -1.26. The van der Waals surface area contributed by atoms with Crippen molar-refractivity contribution in [1.82, 2.24) is 5.32 Å². The highest BCUT2D eigenvalue weighted by atomic mass is 16.4. The first kappa shape index (κ1) is 12.0. The van der Waals surface area contributed by atoms with Crippen LogP contribution in [0.2, 0.25) is 0 Å². The number of aliphatic carboxylic acids is 1. The van der Waals surface area contributed by atoms with Crippen molar-refractivity contribution >= 4 is 17.6 Å². The lowest BCUT2D eigenvalue weighted by atomic mass is 10.1. The van der Waals surface area contributed by atoms with E-state index in [-0.39, 0.29) is 12.3 Å². The SMILES string of the molecule is CC(CC(=O)O)NC(=O)c1cccc(N)c1. The standard InChI is InChI=1S/C11H14N2O3/c1-7(5-10(14)15)13-11(16)8-3-2-4-9(12)6-8/h2-4,6-7H,5,12H2,1H3,(H,13,16)(H,14,15).